The fourth-order valence-electron chi connectivity index (χ4n) is 1.05. The minimum absolute atomic E-state index is 0.804. The molecule has 0 amide bonds. The highest BCUT2D eigenvalue weighted by Crippen LogP contribution is 2.15. The monoisotopic (exact) mass is 271 g/mol. The number of aromatic nitrogens is 3. The molecule has 0 saturated heterocycles. The number of hydrogen-bond donors (Lipinski definition) is 0. The van der Waals surface area contributed by atoms with Gasteiger partial charge in [0.1, 0.15) is 9.53 Å². The first kappa shape index (κ1) is 7.85. The summed E-state index contributed by atoms with van der Waals surface area (Å²) >= 11 is 2.19. The van der Waals surface area contributed by atoms with Crippen LogP contribution in [0, 0.1) is 10.6 Å². The molecular formula is C8H6IN3. The van der Waals surface area contributed by atoms with Gasteiger partial charge in [-0.1, -0.05) is 0 Å². The van der Waals surface area contributed by atoms with Crippen molar-refractivity contribution in [2.24, 2.45) is 0 Å². The molecule has 0 unspecified atom stereocenters. The van der Waals surface area contributed by atoms with Gasteiger partial charge < -0.3 is 0 Å². The second kappa shape index (κ2) is 2.93. The van der Waals surface area contributed by atoms with Crippen molar-refractivity contribution >= 4 is 33.5 Å². The smallest absolute Gasteiger partial charge is 0.127 e. The number of nitrogens with zero attached hydrogens (tertiary/aromatic N) is 3. The number of hydrogen-bond acceptors (Lipinski definition) is 3. The lowest BCUT2D eigenvalue weighted by Crippen LogP contribution is -1.92. The minimum atomic E-state index is 0.804. The summed E-state index contributed by atoms with van der Waals surface area (Å²) in [5.74, 6) is 0.804. The summed E-state index contributed by atoms with van der Waals surface area (Å²) in [5, 5.41) is 1.02. The summed E-state index contributed by atoms with van der Waals surface area (Å²) in [6.45, 7) is 1.89. The molecule has 0 aromatic carbocycles. The molecule has 0 atom stereocenters. The van der Waals surface area contributed by atoms with Crippen LogP contribution in [0.1, 0.15) is 5.82 Å². The summed E-state index contributed by atoms with van der Waals surface area (Å²) in [7, 11) is 0. The van der Waals surface area contributed by atoms with Gasteiger partial charge in [0.2, 0.25) is 0 Å². The molecule has 0 radical (unpaired) electrons. The molecule has 4 heteroatoms. The van der Waals surface area contributed by atoms with Gasteiger partial charge in [0.25, 0.3) is 0 Å². The molecule has 2 aromatic heterocycles. The van der Waals surface area contributed by atoms with E-state index in [1.807, 2.05) is 13.0 Å². The van der Waals surface area contributed by atoms with E-state index in [-0.39, 0.29) is 0 Å². The van der Waals surface area contributed by atoms with Crippen molar-refractivity contribution in [1.82, 2.24) is 15.0 Å². The molecule has 60 valence electrons. The standard InChI is InChI=1S/C8H6IN3/c1-5-11-7-2-3-10-4-6(7)8(9)12-5/h2-4H,1H3. The number of aryl methyl sites for hydroxylation is 1. The SMILES string of the molecule is Cc1nc(I)c2cnccc2n1. The molecule has 0 aliphatic carbocycles. The molecule has 3 nitrogen and oxygen atoms in total. The molecule has 12 heavy (non-hydrogen) atoms. The van der Waals surface area contributed by atoms with E-state index in [0.717, 1.165) is 20.4 Å². The van der Waals surface area contributed by atoms with Crippen LogP contribution in [-0.4, -0.2) is 15.0 Å². The Balaban J connectivity index is 2.89. The minimum Gasteiger partial charge on any atom is -0.264 e. The predicted molar refractivity (Wildman–Crippen MR) is 54.8 cm³/mol. The normalized spacial score (nSPS) is 10.5. The highest BCUT2D eigenvalue weighted by molar-refractivity contribution is 14.1. The largest absolute Gasteiger partial charge is 0.264 e. The molecule has 0 fully saturated rings. The van der Waals surface area contributed by atoms with Crippen molar-refractivity contribution in [3.05, 3.63) is 28.0 Å². The van der Waals surface area contributed by atoms with Crippen LogP contribution in [0.4, 0.5) is 0 Å². The van der Waals surface area contributed by atoms with Crippen molar-refractivity contribution < 1.29 is 0 Å². The van der Waals surface area contributed by atoms with E-state index in [2.05, 4.69) is 37.5 Å². The van der Waals surface area contributed by atoms with E-state index in [4.69, 9.17) is 0 Å². The quantitative estimate of drug-likeness (QED) is 0.543. The van der Waals surface area contributed by atoms with Gasteiger partial charge in [0.15, 0.2) is 0 Å². The van der Waals surface area contributed by atoms with E-state index < -0.39 is 0 Å². The van der Waals surface area contributed by atoms with Crippen LogP contribution in [0.2, 0.25) is 0 Å². The van der Waals surface area contributed by atoms with Gasteiger partial charge in [0, 0.05) is 12.4 Å². The average molecular weight is 271 g/mol. The van der Waals surface area contributed by atoms with Crippen molar-refractivity contribution in [1.29, 1.82) is 0 Å². The molecule has 0 saturated carbocycles. The van der Waals surface area contributed by atoms with Crippen molar-refractivity contribution in [2.45, 2.75) is 6.92 Å². The zero-order valence-corrected chi connectivity index (χ0v) is 8.61. The van der Waals surface area contributed by atoms with E-state index in [1.54, 1.807) is 12.4 Å². The first-order chi connectivity index (χ1) is 5.77. The zero-order chi connectivity index (χ0) is 8.55. The lowest BCUT2D eigenvalue weighted by atomic mass is 10.3. The summed E-state index contributed by atoms with van der Waals surface area (Å²) in [6.07, 6.45) is 3.53. The van der Waals surface area contributed by atoms with Crippen LogP contribution in [-0.2, 0) is 0 Å². The highest BCUT2D eigenvalue weighted by Gasteiger charge is 2.00. The van der Waals surface area contributed by atoms with Crippen LogP contribution >= 0.6 is 22.6 Å². The zero-order valence-electron chi connectivity index (χ0n) is 6.45. The van der Waals surface area contributed by atoms with Gasteiger partial charge in [-0.15, -0.1) is 0 Å². The molecule has 0 aliphatic rings. The van der Waals surface area contributed by atoms with E-state index in [9.17, 15) is 0 Å². The van der Waals surface area contributed by atoms with Gasteiger partial charge in [-0.2, -0.15) is 0 Å². The lowest BCUT2D eigenvalue weighted by Gasteiger charge is -1.98. The number of pyridine rings is 1. The molecule has 0 spiro atoms. The predicted octanol–water partition coefficient (Wildman–Crippen LogP) is 1.94. The number of rotatable bonds is 0. The number of halogens is 1. The Labute approximate surface area is 83.4 Å². The fraction of sp³-hybridized carbons (Fsp3) is 0.125. The Morgan fingerprint density at radius 2 is 2.17 bits per heavy atom. The van der Waals surface area contributed by atoms with Crippen LogP contribution in [0.5, 0.6) is 0 Å². The van der Waals surface area contributed by atoms with Gasteiger partial charge in [-0.05, 0) is 35.6 Å². The van der Waals surface area contributed by atoms with Gasteiger partial charge in [0.05, 0.1) is 10.9 Å². The highest BCUT2D eigenvalue weighted by atomic mass is 127. The van der Waals surface area contributed by atoms with Crippen molar-refractivity contribution in [3.8, 4) is 0 Å². The molecule has 2 heterocycles. The van der Waals surface area contributed by atoms with Gasteiger partial charge >= 0.3 is 0 Å². The Kier molecular flexibility index (Phi) is 1.92. The maximum absolute atomic E-state index is 4.28. The maximum atomic E-state index is 4.28. The third-order valence-corrected chi connectivity index (χ3v) is 2.38. The number of fused-ring (bicyclic) bond motifs is 1. The molecule has 0 aliphatic heterocycles. The summed E-state index contributed by atoms with van der Waals surface area (Å²) in [5.41, 5.74) is 0.960. The molecular weight excluding hydrogens is 265 g/mol. The lowest BCUT2D eigenvalue weighted by molar-refractivity contribution is 1.07. The fourth-order valence-corrected chi connectivity index (χ4v) is 1.81. The van der Waals surface area contributed by atoms with Crippen molar-refractivity contribution in [3.63, 3.8) is 0 Å². The third kappa shape index (κ3) is 1.26. The van der Waals surface area contributed by atoms with Gasteiger partial charge in [-0.25, -0.2) is 9.97 Å². The molecule has 2 aromatic rings. The Hall–Kier alpha value is -0.780. The van der Waals surface area contributed by atoms with Gasteiger partial charge in [-0.3, -0.25) is 4.98 Å². The molecule has 0 bridgehead atoms. The second-order valence-electron chi connectivity index (χ2n) is 2.45. The Morgan fingerprint density at radius 3 is 3.00 bits per heavy atom. The van der Waals surface area contributed by atoms with Crippen LogP contribution in [0.25, 0.3) is 10.9 Å². The second-order valence-corrected chi connectivity index (χ2v) is 3.48. The van der Waals surface area contributed by atoms with Crippen LogP contribution in [0.3, 0.4) is 0 Å². The summed E-state index contributed by atoms with van der Waals surface area (Å²) in [4.78, 5) is 12.5. The first-order valence-electron chi connectivity index (χ1n) is 3.51. The topological polar surface area (TPSA) is 38.7 Å². The Morgan fingerprint density at radius 1 is 1.33 bits per heavy atom. The average Bonchev–Trinajstić information content (AvgIpc) is 2.04. The third-order valence-electron chi connectivity index (χ3n) is 1.56. The summed E-state index contributed by atoms with van der Waals surface area (Å²) in [6, 6.07) is 1.90. The summed E-state index contributed by atoms with van der Waals surface area (Å²) < 4.78 is 0.961. The Bertz CT molecular complexity index is 428. The molecule has 0 N–H and O–H groups in total. The molecule has 2 rings (SSSR count). The first-order valence-corrected chi connectivity index (χ1v) is 4.59. The maximum Gasteiger partial charge on any atom is 0.127 e. The van der Waals surface area contributed by atoms with Crippen LogP contribution in [0.15, 0.2) is 18.5 Å². The van der Waals surface area contributed by atoms with E-state index in [1.165, 1.54) is 0 Å². The van der Waals surface area contributed by atoms with E-state index >= 15 is 0 Å². The van der Waals surface area contributed by atoms with Crippen LogP contribution < -0.4 is 0 Å². The van der Waals surface area contributed by atoms with E-state index in [0.29, 0.717) is 0 Å². The van der Waals surface area contributed by atoms with Crippen molar-refractivity contribution in [2.75, 3.05) is 0 Å².